The molecule has 0 saturated heterocycles. The summed E-state index contributed by atoms with van der Waals surface area (Å²) in [5.41, 5.74) is 1.75. The van der Waals surface area contributed by atoms with Crippen LogP contribution in [0.3, 0.4) is 0 Å². The van der Waals surface area contributed by atoms with Crippen molar-refractivity contribution >= 4 is 17.2 Å². The Labute approximate surface area is 145 Å². The standard InChI is InChI=1S/C18H22N2O3S/c1-2-18(22)20(15-6-7-15)9-13-4-3-5-16(8-13)23-11-17-19-14(10-21)12-24-17/h3-5,8,12,15,21H,2,6-7,9-11H2,1H3. The van der Waals surface area contributed by atoms with E-state index in [-0.39, 0.29) is 12.5 Å². The molecule has 0 bridgehead atoms. The summed E-state index contributed by atoms with van der Waals surface area (Å²) in [4.78, 5) is 18.3. The zero-order valence-electron chi connectivity index (χ0n) is 13.8. The Morgan fingerprint density at radius 3 is 2.96 bits per heavy atom. The molecule has 1 heterocycles. The molecule has 0 atom stereocenters. The molecule has 24 heavy (non-hydrogen) atoms. The van der Waals surface area contributed by atoms with Crippen LogP contribution in [0, 0.1) is 0 Å². The fourth-order valence-electron chi connectivity index (χ4n) is 2.57. The van der Waals surface area contributed by atoms with E-state index in [1.54, 1.807) is 0 Å². The predicted octanol–water partition coefficient (Wildman–Crippen LogP) is 3.12. The van der Waals surface area contributed by atoms with Gasteiger partial charge in [-0.1, -0.05) is 19.1 Å². The fourth-order valence-corrected chi connectivity index (χ4v) is 3.27. The summed E-state index contributed by atoms with van der Waals surface area (Å²) in [6.45, 7) is 2.88. The Kier molecular flexibility index (Phi) is 5.48. The number of carbonyl (C=O) groups is 1. The first-order valence-corrected chi connectivity index (χ1v) is 9.13. The van der Waals surface area contributed by atoms with E-state index in [0.29, 0.717) is 31.3 Å². The van der Waals surface area contributed by atoms with Crippen LogP contribution in [0.5, 0.6) is 5.75 Å². The van der Waals surface area contributed by atoms with Crippen molar-refractivity contribution in [3.05, 3.63) is 45.9 Å². The smallest absolute Gasteiger partial charge is 0.222 e. The van der Waals surface area contributed by atoms with Crippen LogP contribution in [0.4, 0.5) is 0 Å². The highest BCUT2D eigenvalue weighted by Crippen LogP contribution is 2.29. The summed E-state index contributed by atoms with van der Waals surface area (Å²) in [7, 11) is 0. The van der Waals surface area contributed by atoms with Gasteiger partial charge >= 0.3 is 0 Å². The van der Waals surface area contributed by atoms with E-state index in [0.717, 1.165) is 29.2 Å². The minimum atomic E-state index is -0.0472. The molecule has 6 heteroatoms. The van der Waals surface area contributed by atoms with Crippen molar-refractivity contribution in [2.45, 2.75) is 52.0 Å². The van der Waals surface area contributed by atoms with Crippen LogP contribution in [-0.2, 0) is 24.6 Å². The van der Waals surface area contributed by atoms with Gasteiger partial charge in [0, 0.05) is 24.4 Å². The molecule has 1 aliphatic carbocycles. The number of nitrogens with zero attached hydrogens (tertiary/aromatic N) is 2. The highest BCUT2D eigenvalue weighted by Gasteiger charge is 2.31. The molecular weight excluding hydrogens is 324 g/mol. The predicted molar refractivity (Wildman–Crippen MR) is 92.7 cm³/mol. The summed E-state index contributed by atoms with van der Waals surface area (Å²) < 4.78 is 5.80. The third kappa shape index (κ3) is 4.33. The highest BCUT2D eigenvalue weighted by molar-refractivity contribution is 7.09. The third-order valence-electron chi connectivity index (χ3n) is 3.99. The maximum absolute atomic E-state index is 12.1. The van der Waals surface area contributed by atoms with Crippen molar-refractivity contribution < 1.29 is 14.6 Å². The number of hydrogen-bond acceptors (Lipinski definition) is 5. The molecule has 1 amide bonds. The van der Waals surface area contributed by atoms with Crippen molar-refractivity contribution in [3.8, 4) is 5.75 Å². The van der Waals surface area contributed by atoms with Gasteiger partial charge in [-0.3, -0.25) is 4.79 Å². The fraction of sp³-hybridized carbons (Fsp3) is 0.444. The minimum absolute atomic E-state index is 0.0472. The van der Waals surface area contributed by atoms with Crippen LogP contribution in [0.2, 0.25) is 0 Å². The van der Waals surface area contributed by atoms with Crippen LogP contribution < -0.4 is 4.74 Å². The highest BCUT2D eigenvalue weighted by atomic mass is 32.1. The number of aliphatic hydroxyl groups excluding tert-OH is 1. The molecule has 0 spiro atoms. The Bertz CT molecular complexity index is 697. The molecule has 1 aromatic heterocycles. The van der Waals surface area contributed by atoms with Crippen LogP contribution in [0.25, 0.3) is 0 Å². The number of aliphatic hydroxyl groups is 1. The molecule has 5 nitrogen and oxygen atoms in total. The lowest BCUT2D eigenvalue weighted by molar-refractivity contribution is -0.132. The molecular formula is C18H22N2O3S. The summed E-state index contributed by atoms with van der Waals surface area (Å²) in [5, 5.41) is 11.7. The number of carbonyl (C=O) groups excluding carboxylic acids is 1. The first-order valence-electron chi connectivity index (χ1n) is 8.25. The van der Waals surface area contributed by atoms with Gasteiger partial charge in [0.2, 0.25) is 5.91 Å². The Morgan fingerprint density at radius 2 is 2.29 bits per heavy atom. The maximum atomic E-state index is 12.1. The van der Waals surface area contributed by atoms with E-state index in [4.69, 9.17) is 9.84 Å². The van der Waals surface area contributed by atoms with Crippen molar-refractivity contribution in [2.24, 2.45) is 0 Å². The second-order valence-corrected chi connectivity index (χ2v) is 6.88. The van der Waals surface area contributed by atoms with E-state index < -0.39 is 0 Å². The number of ether oxygens (including phenoxy) is 1. The summed E-state index contributed by atoms with van der Waals surface area (Å²) in [5.74, 6) is 0.982. The molecule has 0 unspecified atom stereocenters. The third-order valence-corrected chi connectivity index (χ3v) is 4.86. The molecule has 1 saturated carbocycles. The van der Waals surface area contributed by atoms with Gasteiger partial charge in [0.25, 0.3) is 0 Å². The zero-order valence-corrected chi connectivity index (χ0v) is 14.6. The second kappa shape index (κ2) is 7.77. The number of benzene rings is 1. The van der Waals surface area contributed by atoms with E-state index in [2.05, 4.69) is 4.98 Å². The Hall–Kier alpha value is -1.92. The molecule has 128 valence electrons. The second-order valence-electron chi connectivity index (χ2n) is 5.93. The van der Waals surface area contributed by atoms with Gasteiger partial charge in [0.15, 0.2) is 0 Å². The lowest BCUT2D eigenvalue weighted by Gasteiger charge is -2.22. The van der Waals surface area contributed by atoms with Crippen molar-refractivity contribution in [1.82, 2.24) is 9.88 Å². The normalized spacial score (nSPS) is 13.8. The topological polar surface area (TPSA) is 62.7 Å². The quantitative estimate of drug-likeness (QED) is 0.798. The van der Waals surface area contributed by atoms with Crippen LogP contribution in [-0.4, -0.2) is 26.9 Å². The Morgan fingerprint density at radius 1 is 1.46 bits per heavy atom. The van der Waals surface area contributed by atoms with Gasteiger partial charge in [-0.15, -0.1) is 11.3 Å². The van der Waals surface area contributed by atoms with E-state index in [1.165, 1.54) is 11.3 Å². The van der Waals surface area contributed by atoms with Gasteiger partial charge in [-0.05, 0) is 30.5 Å². The van der Waals surface area contributed by atoms with Gasteiger partial charge in [0.05, 0.1) is 12.3 Å². The maximum Gasteiger partial charge on any atom is 0.222 e. The number of aromatic nitrogens is 1. The molecule has 3 rings (SSSR count). The van der Waals surface area contributed by atoms with Crippen molar-refractivity contribution in [2.75, 3.05) is 0 Å². The van der Waals surface area contributed by atoms with Gasteiger partial charge in [-0.25, -0.2) is 4.98 Å². The first kappa shape index (κ1) is 16.9. The molecule has 1 N–H and O–H groups in total. The van der Waals surface area contributed by atoms with Crippen LogP contribution >= 0.6 is 11.3 Å². The number of amides is 1. The molecule has 0 aliphatic heterocycles. The van der Waals surface area contributed by atoms with Gasteiger partial charge < -0.3 is 14.7 Å². The summed E-state index contributed by atoms with van der Waals surface area (Å²) in [6.07, 6.45) is 2.77. The molecule has 1 aliphatic rings. The molecule has 1 aromatic carbocycles. The Balaban J connectivity index is 1.61. The minimum Gasteiger partial charge on any atom is -0.486 e. The number of hydrogen-bond donors (Lipinski definition) is 1. The van der Waals surface area contributed by atoms with Crippen LogP contribution in [0.15, 0.2) is 29.6 Å². The van der Waals surface area contributed by atoms with Crippen LogP contribution in [0.1, 0.15) is 42.5 Å². The van der Waals surface area contributed by atoms with Gasteiger partial charge in [-0.2, -0.15) is 0 Å². The van der Waals surface area contributed by atoms with E-state index >= 15 is 0 Å². The molecule has 0 radical (unpaired) electrons. The summed E-state index contributed by atoms with van der Waals surface area (Å²) >= 11 is 1.48. The van der Waals surface area contributed by atoms with Crippen molar-refractivity contribution in [1.29, 1.82) is 0 Å². The SMILES string of the molecule is CCC(=O)N(Cc1cccc(OCc2nc(CO)cs2)c1)C1CC1. The van der Waals surface area contributed by atoms with E-state index in [9.17, 15) is 4.79 Å². The average molecular weight is 346 g/mol. The summed E-state index contributed by atoms with van der Waals surface area (Å²) in [6, 6.07) is 8.28. The van der Waals surface area contributed by atoms with Crippen molar-refractivity contribution in [3.63, 3.8) is 0 Å². The monoisotopic (exact) mass is 346 g/mol. The van der Waals surface area contributed by atoms with E-state index in [1.807, 2.05) is 41.5 Å². The van der Waals surface area contributed by atoms with Gasteiger partial charge in [0.1, 0.15) is 17.4 Å². The average Bonchev–Trinajstić information content (AvgIpc) is 3.35. The number of rotatable bonds is 8. The lowest BCUT2D eigenvalue weighted by Crippen LogP contribution is -2.31. The molecule has 2 aromatic rings. The largest absolute Gasteiger partial charge is 0.486 e. The number of thiazole rings is 1. The lowest BCUT2D eigenvalue weighted by atomic mass is 10.2. The zero-order chi connectivity index (χ0) is 16.9. The molecule has 1 fully saturated rings. The first-order chi connectivity index (χ1) is 11.7.